The van der Waals surface area contributed by atoms with E-state index in [0.717, 1.165) is 21.1 Å². The van der Waals surface area contributed by atoms with Crippen LogP contribution in [0.25, 0.3) is 0 Å². The molecule has 2 aromatic rings. The second kappa shape index (κ2) is 5.95. The second-order valence-electron chi connectivity index (χ2n) is 4.16. The molecule has 0 saturated carbocycles. The van der Waals surface area contributed by atoms with E-state index in [2.05, 4.69) is 4.98 Å². The van der Waals surface area contributed by atoms with E-state index >= 15 is 0 Å². The minimum Gasteiger partial charge on any atom is -0.481 e. The number of methoxy groups -OCH3 is 1. The summed E-state index contributed by atoms with van der Waals surface area (Å²) in [6.07, 6.45) is -0.234. The Morgan fingerprint density at radius 1 is 1.42 bits per heavy atom. The number of thiazole rings is 1. The third-order valence-corrected chi connectivity index (χ3v) is 3.98. The zero-order chi connectivity index (χ0) is 13.8. The van der Waals surface area contributed by atoms with Crippen LogP contribution in [-0.2, 0) is 16.0 Å². The first kappa shape index (κ1) is 13.7. The molecule has 1 heterocycles. The van der Waals surface area contributed by atoms with Gasteiger partial charge in [0.15, 0.2) is 0 Å². The normalized spacial score (nSPS) is 12.3. The van der Waals surface area contributed by atoms with Gasteiger partial charge in [0.25, 0.3) is 0 Å². The largest absolute Gasteiger partial charge is 0.481 e. The van der Waals surface area contributed by atoms with Gasteiger partial charge in [0.05, 0.1) is 12.1 Å². The van der Waals surface area contributed by atoms with Crippen LogP contribution >= 0.6 is 11.3 Å². The van der Waals surface area contributed by atoms with Crippen LogP contribution in [0.3, 0.4) is 0 Å². The molecule has 1 unspecified atom stereocenters. The van der Waals surface area contributed by atoms with Gasteiger partial charge in [0.2, 0.25) is 0 Å². The van der Waals surface area contributed by atoms with Crippen molar-refractivity contribution >= 4 is 17.3 Å². The standard InChI is InChI=1S/C14H15NO3S/c1-9-11(8-12(16)17)19-14(15-9)13(18-2)10-6-4-3-5-7-10/h3-7,13H,8H2,1-2H3,(H,16,17). The number of aliphatic carboxylic acids is 1. The summed E-state index contributed by atoms with van der Waals surface area (Å²) in [5.41, 5.74) is 1.78. The quantitative estimate of drug-likeness (QED) is 0.913. The summed E-state index contributed by atoms with van der Waals surface area (Å²) >= 11 is 1.40. The molecule has 19 heavy (non-hydrogen) atoms. The van der Waals surface area contributed by atoms with Gasteiger partial charge in [-0.3, -0.25) is 4.79 Å². The Labute approximate surface area is 115 Å². The van der Waals surface area contributed by atoms with E-state index < -0.39 is 5.97 Å². The molecule has 0 aliphatic rings. The van der Waals surface area contributed by atoms with E-state index in [1.54, 1.807) is 7.11 Å². The van der Waals surface area contributed by atoms with E-state index in [1.807, 2.05) is 37.3 Å². The minimum atomic E-state index is -0.841. The first-order chi connectivity index (χ1) is 9.11. The highest BCUT2D eigenvalue weighted by molar-refractivity contribution is 7.12. The van der Waals surface area contributed by atoms with Gasteiger partial charge in [0.1, 0.15) is 11.1 Å². The first-order valence-electron chi connectivity index (χ1n) is 5.87. The van der Waals surface area contributed by atoms with Gasteiger partial charge in [-0.05, 0) is 12.5 Å². The molecule has 0 bridgehead atoms. The Morgan fingerprint density at radius 3 is 2.68 bits per heavy atom. The van der Waals surface area contributed by atoms with Crippen molar-refractivity contribution in [2.45, 2.75) is 19.4 Å². The Bertz CT molecular complexity index is 565. The van der Waals surface area contributed by atoms with Gasteiger partial charge in [-0.15, -0.1) is 11.3 Å². The number of benzene rings is 1. The lowest BCUT2D eigenvalue weighted by atomic mass is 10.1. The van der Waals surface area contributed by atoms with Crippen molar-refractivity contribution in [3.05, 3.63) is 51.5 Å². The molecule has 0 fully saturated rings. The SMILES string of the molecule is COC(c1ccccc1)c1nc(C)c(CC(=O)O)s1. The van der Waals surface area contributed by atoms with Crippen LogP contribution < -0.4 is 0 Å². The van der Waals surface area contributed by atoms with Crippen molar-refractivity contribution < 1.29 is 14.6 Å². The Morgan fingerprint density at radius 2 is 2.11 bits per heavy atom. The predicted octanol–water partition coefficient (Wildman–Crippen LogP) is 2.81. The zero-order valence-corrected chi connectivity index (χ0v) is 11.6. The maximum absolute atomic E-state index is 10.8. The number of rotatable bonds is 5. The van der Waals surface area contributed by atoms with Crippen molar-refractivity contribution in [3.63, 3.8) is 0 Å². The van der Waals surface area contributed by atoms with Crippen molar-refractivity contribution in [2.75, 3.05) is 7.11 Å². The number of carbonyl (C=O) groups is 1. The van der Waals surface area contributed by atoms with E-state index in [-0.39, 0.29) is 12.5 Å². The summed E-state index contributed by atoms with van der Waals surface area (Å²) in [7, 11) is 1.63. The fourth-order valence-corrected chi connectivity index (χ4v) is 3.03. The van der Waals surface area contributed by atoms with E-state index in [1.165, 1.54) is 11.3 Å². The molecule has 0 radical (unpaired) electrons. The van der Waals surface area contributed by atoms with Gasteiger partial charge in [-0.25, -0.2) is 4.98 Å². The topological polar surface area (TPSA) is 59.4 Å². The number of carboxylic acid groups (broad SMARTS) is 1. The van der Waals surface area contributed by atoms with Crippen LogP contribution in [0.2, 0.25) is 0 Å². The molecule has 0 aliphatic carbocycles. The molecular weight excluding hydrogens is 262 g/mol. The van der Waals surface area contributed by atoms with Gasteiger partial charge >= 0.3 is 5.97 Å². The van der Waals surface area contributed by atoms with Crippen molar-refractivity contribution in [1.29, 1.82) is 0 Å². The number of carboxylic acids is 1. The summed E-state index contributed by atoms with van der Waals surface area (Å²) in [5.74, 6) is -0.841. The number of aryl methyl sites for hydroxylation is 1. The number of aromatic nitrogens is 1. The molecule has 2 rings (SSSR count). The summed E-state index contributed by atoms with van der Waals surface area (Å²) in [6.45, 7) is 1.83. The monoisotopic (exact) mass is 277 g/mol. The highest BCUT2D eigenvalue weighted by Crippen LogP contribution is 2.30. The van der Waals surface area contributed by atoms with Crippen LogP contribution in [0.1, 0.15) is 27.2 Å². The summed E-state index contributed by atoms with van der Waals surface area (Å²) in [4.78, 5) is 16.0. The Kier molecular flexibility index (Phi) is 4.29. The summed E-state index contributed by atoms with van der Waals surface area (Å²) < 4.78 is 5.50. The minimum absolute atomic E-state index is 0.00865. The fraction of sp³-hybridized carbons (Fsp3) is 0.286. The number of hydrogen-bond donors (Lipinski definition) is 1. The van der Waals surface area contributed by atoms with E-state index in [9.17, 15) is 4.79 Å². The molecular formula is C14H15NO3S. The molecule has 1 atom stereocenters. The zero-order valence-electron chi connectivity index (χ0n) is 10.8. The van der Waals surface area contributed by atoms with Crippen molar-refractivity contribution in [2.24, 2.45) is 0 Å². The average Bonchev–Trinajstić information content (AvgIpc) is 2.72. The number of hydrogen-bond acceptors (Lipinski definition) is 4. The summed E-state index contributed by atoms with van der Waals surface area (Å²) in [6, 6.07) is 9.78. The lowest BCUT2D eigenvalue weighted by Crippen LogP contribution is -2.02. The lowest BCUT2D eigenvalue weighted by molar-refractivity contribution is -0.136. The molecule has 0 aliphatic heterocycles. The highest BCUT2D eigenvalue weighted by Gasteiger charge is 2.20. The molecule has 1 aromatic carbocycles. The molecule has 1 N–H and O–H groups in total. The Hall–Kier alpha value is -1.72. The number of nitrogens with zero attached hydrogens (tertiary/aromatic N) is 1. The molecule has 4 nitrogen and oxygen atoms in total. The van der Waals surface area contributed by atoms with E-state index in [0.29, 0.717) is 0 Å². The van der Waals surface area contributed by atoms with Gasteiger partial charge in [0, 0.05) is 12.0 Å². The molecule has 100 valence electrons. The smallest absolute Gasteiger partial charge is 0.308 e. The van der Waals surface area contributed by atoms with E-state index in [4.69, 9.17) is 9.84 Å². The van der Waals surface area contributed by atoms with Crippen molar-refractivity contribution in [3.8, 4) is 0 Å². The van der Waals surface area contributed by atoms with Gasteiger partial charge in [-0.1, -0.05) is 30.3 Å². The first-order valence-corrected chi connectivity index (χ1v) is 6.69. The highest BCUT2D eigenvalue weighted by atomic mass is 32.1. The van der Waals surface area contributed by atoms with Crippen LogP contribution in [0, 0.1) is 6.92 Å². The number of ether oxygens (including phenoxy) is 1. The maximum atomic E-state index is 10.8. The molecule has 0 spiro atoms. The summed E-state index contributed by atoms with van der Waals surface area (Å²) in [5, 5.41) is 9.66. The van der Waals surface area contributed by atoms with Crippen LogP contribution in [0.4, 0.5) is 0 Å². The van der Waals surface area contributed by atoms with Gasteiger partial charge in [-0.2, -0.15) is 0 Å². The fourth-order valence-electron chi connectivity index (χ4n) is 1.87. The molecule has 5 heteroatoms. The Balaban J connectivity index is 2.32. The van der Waals surface area contributed by atoms with Gasteiger partial charge < -0.3 is 9.84 Å². The molecule has 1 aromatic heterocycles. The second-order valence-corrected chi connectivity index (χ2v) is 5.27. The lowest BCUT2D eigenvalue weighted by Gasteiger charge is -2.12. The average molecular weight is 277 g/mol. The maximum Gasteiger partial charge on any atom is 0.308 e. The third-order valence-electron chi connectivity index (χ3n) is 2.78. The van der Waals surface area contributed by atoms with Crippen LogP contribution in [-0.4, -0.2) is 23.2 Å². The molecule has 0 saturated heterocycles. The third kappa shape index (κ3) is 3.19. The van der Waals surface area contributed by atoms with Crippen LogP contribution in [0.5, 0.6) is 0 Å². The van der Waals surface area contributed by atoms with Crippen LogP contribution in [0.15, 0.2) is 30.3 Å². The van der Waals surface area contributed by atoms with Crippen molar-refractivity contribution in [1.82, 2.24) is 4.98 Å². The molecule has 0 amide bonds. The predicted molar refractivity (Wildman–Crippen MR) is 73.5 cm³/mol.